The zero-order chi connectivity index (χ0) is 12.8. The van der Waals surface area contributed by atoms with Crippen molar-refractivity contribution in [2.45, 2.75) is 25.3 Å². The van der Waals surface area contributed by atoms with Gasteiger partial charge in [0.05, 0.1) is 11.8 Å². The third-order valence-corrected chi connectivity index (χ3v) is 3.82. The zero-order valence-electron chi connectivity index (χ0n) is 9.90. The SMILES string of the molecule is CNC(C)(CCN1C(=O)C2CC2C1=O)C(=O)O. The van der Waals surface area contributed by atoms with E-state index in [1.807, 2.05) is 0 Å². The first-order chi connectivity index (χ1) is 7.90. The maximum Gasteiger partial charge on any atom is 0.323 e. The van der Waals surface area contributed by atoms with Crippen LogP contribution in [0.15, 0.2) is 0 Å². The molecular formula is C11H16N2O4. The molecule has 0 aromatic heterocycles. The van der Waals surface area contributed by atoms with Crippen LogP contribution in [0.4, 0.5) is 0 Å². The third-order valence-electron chi connectivity index (χ3n) is 3.82. The minimum Gasteiger partial charge on any atom is -0.480 e. The monoisotopic (exact) mass is 240 g/mol. The van der Waals surface area contributed by atoms with E-state index in [2.05, 4.69) is 5.32 Å². The molecule has 0 bridgehead atoms. The van der Waals surface area contributed by atoms with E-state index in [9.17, 15) is 14.4 Å². The largest absolute Gasteiger partial charge is 0.480 e. The van der Waals surface area contributed by atoms with Crippen molar-refractivity contribution in [3.8, 4) is 0 Å². The number of piperidine rings is 1. The van der Waals surface area contributed by atoms with Crippen molar-refractivity contribution < 1.29 is 19.5 Å². The normalized spacial score (nSPS) is 30.1. The van der Waals surface area contributed by atoms with Gasteiger partial charge in [-0.1, -0.05) is 0 Å². The van der Waals surface area contributed by atoms with Crippen molar-refractivity contribution in [2.24, 2.45) is 11.8 Å². The Morgan fingerprint density at radius 3 is 2.41 bits per heavy atom. The van der Waals surface area contributed by atoms with Gasteiger partial charge in [0.15, 0.2) is 0 Å². The number of carbonyl (C=O) groups is 3. The molecule has 1 aliphatic carbocycles. The summed E-state index contributed by atoms with van der Waals surface area (Å²) in [5, 5.41) is 11.8. The Morgan fingerprint density at radius 2 is 2.00 bits per heavy atom. The Morgan fingerprint density at radius 1 is 1.47 bits per heavy atom. The Bertz CT molecular complexity index is 375. The average Bonchev–Trinajstić information content (AvgIpc) is 3.03. The van der Waals surface area contributed by atoms with Crippen molar-refractivity contribution in [1.29, 1.82) is 0 Å². The number of likely N-dealkylation sites (N-methyl/N-ethyl adjacent to an activating group) is 1. The quantitative estimate of drug-likeness (QED) is 0.629. The highest BCUT2D eigenvalue weighted by Gasteiger charge is 2.58. The predicted octanol–water partition coefficient (Wildman–Crippen LogP) is -0.556. The molecule has 1 aliphatic heterocycles. The number of hydrogen-bond donors (Lipinski definition) is 2. The Balaban J connectivity index is 1.97. The summed E-state index contributed by atoms with van der Waals surface area (Å²) < 4.78 is 0. The number of aliphatic carboxylic acids is 1. The molecule has 1 saturated carbocycles. The van der Waals surface area contributed by atoms with E-state index in [4.69, 9.17) is 5.11 Å². The molecule has 2 rings (SSSR count). The van der Waals surface area contributed by atoms with Crippen molar-refractivity contribution in [3.63, 3.8) is 0 Å². The average molecular weight is 240 g/mol. The predicted molar refractivity (Wildman–Crippen MR) is 58.0 cm³/mol. The first kappa shape index (κ1) is 12.0. The Kier molecular flexibility index (Phi) is 2.69. The molecule has 2 aliphatic rings. The summed E-state index contributed by atoms with van der Waals surface area (Å²) in [5.74, 6) is -1.49. The summed E-state index contributed by atoms with van der Waals surface area (Å²) in [6.45, 7) is 1.72. The summed E-state index contributed by atoms with van der Waals surface area (Å²) >= 11 is 0. The molecule has 6 heteroatoms. The molecular weight excluding hydrogens is 224 g/mol. The summed E-state index contributed by atoms with van der Waals surface area (Å²) in [5.41, 5.74) is -1.10. The number of carboxylic acids is 1. The Hall–Kier alpha value is -1.43. The first-order valence-electron chi connectivity index (χ1n) is 5.68. The molecule has 2 N–H and O–H groups in total. The summed E-state index contributed by atoms with van der Waals surface area (Å²) in [6, 6.07) is 0. The van der Waals surface area contributed by atoms with Crippen molar-refractivity contribution >= 4 is 17.8 Å². The van der Waals surface area contributed by atoms with Crippen LogP contribution < -0.4 is 5.32 Å². The van der Waals surface area contributed by atoms with E-state index in [0.29, 0.717) is 6.42 Å². The number of amides is 2. The van der Waals surface area contributed by atoms with Crippen LogP contribution in [-0.2, 0) is 14.4 Å². The minimum atomic E-state index is -1.10. The zero-order valence-corrected chi connectivity index (χ0v) is 9.90. The lowest BCUT2D eigenvalue weighted by Gasteiger charge is -2.26. The number of fused-ring (bicyclic) bond motifs is 1. The van der Waals surface area contributed by atoms with E-state index in [0.717, 1.165) is 0 Å². The second-order valence-corrected chi connectivity index (χ2v) is 4.91. The van der Waals surface area contributed by atoms with Crippen LogP contribution in [0.3, 0.4) is 0 Å². The molecule has 6 nitrogen and oxygen atoms in total. The molecule has 1 heterocycles. The van der Waals surface area contributed by atoms with E-state index in [-0.39, 0.29) is 36.6 Å². The first-order valence-corrected chi connectivity index (χ1v) is 5.68. The van der Waals surface area contributed by atoms with Gasteiger partial charge in [-0.15, -0.1) is 0 Å². The van der Waals surface area contributed by atoms with Crippen LogP contribution in [0.2, 0.25) is 0 Å². The lowest BCUT2D eigenvalue weighted by Crippen LogP contribution is -2.50. The van der Waals surface area contributed by atoms with E-state index < -0.39 is 11.5 Å². The molecule has 1 saturated heterocycles. The van der Waals surface area contributed by atoms with Crippen LogP contribution in [0.1, 0.15) is 19.8 Å². The molecule has 94 valence electrons. The topological polar surface area (TPSA) is 86.7 Å². The van der Waals surface area contributed by atoms with E-state index >= 15 is 0 Å². The number of likely N-dealkylation sites (tertiary alicyclic amines) is 1. The van der Waals surface area contributed by atoms with Crippen LogP contribution >= 0.6 is 0 Å². The second-order valence-electron chi connectivity index (χ2n) is 4.91. The van der Waals surface area contributed by atoms with Gasteiger partial charge in [0.25, 0.3) is 0 Å². The van der Waals surface area contributed by atoms with Crippen LogP contribution in [-0.4, -0.2) is 46.9 Å². The fraction of sp³-hybridized carbons (Fsp3) is 0.727. The fourth-order valence-electron chi connectivity index (χ4n) is 2.14. The van der Waals surface area contributed by atoms with Gasteiger partial charge in [-0.25, -0.2) is 0 Å². The lowest BCUT2D eigenvalue weighted by atomic mass is 9.98. The molecule has 3 atom stereocenters. The van der Waals surface area contributed by atoms with Gasteiger partial charge in [0, 0.05) is 6.54 Å². The summed E-state index contributed by atoms with van der Waals surface area (Å²) in [6.07, 6.45) is 0.895. The van der Waals surface area contributed by atoms with Crippen LogP contribution in [0.5, 0.6) is 0 Å². The number of imide groups is 1. The van der Waals surface area contributed by atoms with E-state index in [1.165, 1.54) is 4.90 Å². The Labute approximate surface area is 99.0 Å². The number of carboxylic acid groups (broad SMARTS) is 1. The van der Waals surface area contributed by atoms with Crippen molar-refractivity contribution in [1.82, 2.24) is 10.2 Å². The van der Waals surface area contributed by atoms with Gasteiger partial charge in [-0.2, -0.15) is 0 Å². The van der Waals surface area contributed by atoms with E-state index in [1.54, 1.807) is 14.0 Å². The molecule has 0 radical (unpaired) electrons. The van der Waals surface area contributed by atoms with Crippen LogP contribution in [0.25, 0.3) is 0 Å². The molecule has 2 fully saturated rings. The fourth-order valence-corrected chi connectivity index (χ4v) is 2.14. The number of rotatable bonds is 5. The molecule has 3 unspecified atom stereocenters. The minimum absolute atomic E-state index is 0.117. The van der Waals surface area contributed by atoms with Gasteiger partial charge < -0.3 is 10.4 Å². The van der Waals surface area contributed by atoms with Gasteiger partial charge in [-0.3, -0.25) is 19.3 Å². The van der Waals surface area contributed by atoms with Crippen LogP contribution in [0, 0.1) is 11.8 Å². The number of carbonyl (C=O) groups excluding carboxylic acids is 2. The number of hydrogen-bond acceptors (Lipinski definition) is 4. The highest BCUT2D eigenvalue weighted by Crippen LogP contribution is 2.47. The van der Waals surface area contributed by atoms with Gasteiger partial charge >= 0.3 is 5.97 Å². The number of nitrogens with one attached hydrogen (secondary N) is 1. The third kappa shape index (κ3) is 1.82. The van der Waals surface area contributed by atoms with Gasteiger partial charge in [-0.05, 0) is 26.8 Å². The molecule has 0 aromatic rings. The molecule has 0 spiro atoms. The highest BCUT2D eigenvalue weighted by molar-refractivity contribution is 6.08. The lowest BCUT2D eigenvalue weighted by molar-refractivity contribution is -0.147. The molecule has 17 heavy (non-hydrogen) atoms. The van der Waals surface area contributed by atoms with Gasteiger partial charge in [0.2, 0.25) is 11.8 Å². The maximum atomic E-state index is 11.7. The second kappa shape index (κ2) is 3.80. The summed E-state index contributed by atoms with van der Waals surface area (Å²) in [4.78, 5) is 35.6. The highest BCUT2D eigenvalue weighted by atomic mass is 16.4. The van der Waals surface area contributed by atoms with Crippen molar-refractivity contribution in [2.75, 3.05) is 13.6 Å². The standard InChI is InChI=1S/C11H16N2O4/c1-11(12-2,10(16)17)3-4-13-8(14)6-5-7(6)9(13)15/h6-7,12H,3-5H2,1-2H3,(H,16,17). The molecule has 2 amide bonds. The van der Waals surface area contributed by atoms with Gasteiger partial charge in [0.1, 0.15) is 5.54 Å². The smallest absolute Gasteiger partial charge is 0.323 e. The number of nitrogens with zero attached hydrogens (tertiary/aromatic N) is 1. The maximum absolute atomic E-state index is 11.7. The summed E-state index contributed by atoms with van der Waals surface area (Å²) in [7, 11) is 1.55. The van der Waals surface area contributed by atoms with Crippen molar-refractivity contribution in [3.05, 3.63) is 0 Å². The molecule has 0 aromatic carbocycles.